The van der Waals surface area contributed by atoms with Gasteiger partial charge >= 0.3 is 0 Å². The SMILES string of the molecule is CCNC(=NCc1ccc(Br)cc1C)N1CCC2(CCOC2)C1.I. The van der Waals surface area contributed by atoms with E-state index in [0.29, 0.717) is 5.41 Å². The number of guanidine groups is 1. The Balaban J connectivity index is 0.00000208. The third-order valence-electron chi connectivity index (χ3n) is 4.96. The zero-order valence-electron chi connectivity index (χ0n) is 14.5. The molecule has 0 bridgehead atoms. The van der Waals surface area contributed by atoms with Gasteiger partial charge in [-0.2, -0.15) is 0 Å². The van der Waals surface area contributed by atoms with E-state index in [4.69, 9.17) is 9.73 Å². The van der Waals surface area contributed by atoms with E-state index in [2.05, 4.69) is 58.2 Å². The van der Waals surface area contributed by atoms with E-state index in [1.54, 1.807) is 0 Å². The normalized spacial score (nSPS) is 23.6. The molecule has 2 fully saturated rings. The minimum atomic E-state index is 0. The van der Waals surface area contributed by atoms with Gasteiger partial charge in [-0.15, -0.1) is 24.0 Å². The number of hydrogen-bond acceptors (Lipinski definition) is 2. The molecule has 2 saturated heterocycles. The van der Waals surface area contributed by atoms with Crippen molar-refractivity contribution in [2.45, 2.75) is 33.2 Å². The van der Waals surface area contributed by atoms with Crippen molar-refractivity contribution in [2.75, 3.05) is 32.8 Å². The van der Waals surface area contributed by atoms with Crippen LogP contribution >= 0.6 is 39.9 Å². The number of rotatable bonds is 3. The number of hydrogen-bond donors (Lipinski definition) is 1. The molecular weight excluding hydrogens is 481 g/mol. The molecule has 3 rings (SSSR count). The Labute approximate surface area is 170 Å². The number of aryl methyl sites for hydroxylation is 1. The highest BCUT2D eigenvalue weighted by Crippen LogP contribution is 2.38. The topological polar surface area (TPSA) is 36.9 Å². The van der Waals surface area contributed by atoms with Crippen LogP contribution in [0.25, 0.3) is 0 Å². The Morgan fingerprint density at radius 1 is 1.42 bits per heavy atom. The zero-order valence-corrected chi connectivity index (χ0v) is 18.4. The van der Waals surface area contributed by atoms with Crippen LogP contribution in [0.3, 0.4) is 0 Å². The molecule has 2 aliphatic rings. The molecule has 134 valence electrons. The lowest BCUT2D eigenvalue weighted by Gasteiger charge is -2.25. The van der Waals surface area contributed by atoms with Gasteiger partial charge in [0.1, 0.15) is 0 Å². The van der Waals surface area contributed by atoms with Crippen LogP contribution in [0.2, 0.25) is 0 Å². The van der Waals surface area contributed by atoms with Gasteiger partial charge in [-0.3, -0.25) is 0 Å². The molecule has 0 aromatic heterocycles. The number of benzene rings is 1. The predicted molar refractivity (Wildman–Crippen MR) is 113 cm³/mol. The summed E-state index contributed by atoms with van der Waals surface area (Å²) < 4.78 is 6.76. The highest BCUT2D eigenvalue weighted by molar-refractivity contribution is 14.0. The van der Waals surface area contributed by atoms with Crippen LogP contribution in [0, 0.1) is 12.3 Å². The Hall–Kier alpha value is -0.340. The highest BCUT2D eigenvalue weighted by atomic mass is 127. The molecule has 0 amide bonds. The van der Waals surface area contributed by atoms with Gasteiger partial charge in [0, 0.05) is 36.1 Å². The van der Waals surface area contributed by atoms with Crippen LogP contribution in [0.15, 0.2) is 27.7 Å². The maximum absolute atomic E-state index is 5.64. The summed E-state index contributed by atoms with van der Waals surface area (Å²) in [6, 6.07) is 6.40. The molecular formula is C18H27BrIN3O. The van der Waals surface area contributed by atoms with Crippen molar-refractivity contribution in [1.82, 2.24) is 10.2 Å². The van der Waals surface area contributed by atoms with Crippen LogP contribution in [0.4, 0.5) is 0 Å². The fourth-order valence-corrected chi connectivity index (χ4v) is 3.99. The van der Waals surface area contributed by atoms with Crippen molar-refractivity contribution < 1.29 is 4.74 Å². The van der Waals surface area contributed by atoms with Crippen LogP contribution in [-0.4, -0.2) is 43.7 Å². The maximum atomic E-state index is 5.64. The summed E-state index contributed by atoms with van der Waals surface area (Å²) in [6.45, 7) is 9.87. The quantitative estimate of drug-likeness (QED) is 0.382. The molecule has 6 heteroatoms. The fraction of sp³-hybridized carbons (Fsp3) is 0.611. The van der Waals surface area contributed by atoms with Crippen molar-refractivity contribution in [3.63, 3.8) is 0 Å². The molecule has 2 heterocycles. The lowest BCUT2D eigenvalue weighted by molar-refractivity contribution is 0.156. The lowest BCUT2D eigenvalue weighted by atomic mass is 9.87. The van der Waals surface area contributed by atoms with E-state index in [0.717, 1.165) is 49.8 Å². The van der Waals surface area contributed by atoms with Crippen molar-refractivity contribution in [3.8, 4) is 0 Å². The van der Waals surface area contributed by atoms with E-state index < -0.39 is 0 Å². The Bertz CT molecular complexity index is 588. The van der Waals surface area contributed by atoms with Crippen molar-refractivity contribution >= 4 is 45.9 Å². The number of ether oxygens (including phenoxy) is 1. The molecule has 1 aromatic carbocycles. The average Bonchev–Trinajstić information content (AvgIpc) is 3.16. The Morgan fingerprint density at radius 2 is 2.25 bits per heavy atom. The summed E-state index contributed by atoms with van der Waals surface area (Å²) in [5, 5.41) is 3.46. The predicted octanol–water partition coefficient (Wildman–Crippen LogP) is 3.95. The zero-order chi connectivity index (χ0) is 16.3. The molecule has 1 spiro atoms. The summed E-state index contributed by atoms with van der Waals surface area (Å²) in [5.41, 5.74) is 2.92. The molecule has 1 unspecified atom stereocenters. The Kier molecular flexibility index (Phi) is 7.37. The number of nitrogens with zero attached hydrogens (tertiary/aromatic N) is 2. The van der Waals surface area contributed by atoms with Crippen LogP contribution in [-0.2, 0) is 11.3 Å². The summed E-state index contributed by atoms with van der Waals surface area (Å²) in [4.78, 5) is 7.30. The van der Waals surface area contributed by atoms with E-state index in [-0.39, 0.29) is 24.0 Å². The molecule has 1 atom stereocenters. The number of likely N-dealkylation sites (tertiary alicyclic amines) is 1. The standard InChI is InChI=1S/C18H26BrN3O.HI/c1-3-20-17(21-11-15-4-5-16(19)10-14(15)2)22-8-6-18(12-22)7-9-23-13-18;/h4-5,10H,3,6-9,11-13H2,1-2H3,(H,20,21);1H. The molecule has 1 aromatic rings. The number of halogens is 2. The third kappa shape index (κ3) is 4.64. The van der Waals surface area contributed by atoms with E-state index in [1.165, 1.54) is 24.0 Å². The second kappa shape index (κ2) is 8.85. The minimum absolute atomic E-state index is 0. The summed E-state index contributed by atoms with van der Waals surface area (Å²) in [7, 11) is 0. The summed E-state index contributed by atoms with van der Waals surface area (Å²) in [5.74, 6) is 1.04. The van der Waals surface area contributed by atoms with Gasteiger partial charge < -0.3 is 15.0 Å². The third-order valence-corrected chi connectivity index (χ3v) is 5.45. The summed E-state index contributed by atoms with van der Waals surface area (Å²) >= 11 is 3.52. The molecule has 0 aliphatic carbocycles. The van der Waals surface area contributed by atoms with Crippen molar-refractivity contribution in [2.24, 2.45) is 10.4 Å². The van der Waals surface area contributed by atoms with Gasteiger partial charge in [0.2, 0.25) is 0 Å². The molecule has 24 heavy (non-hydrogen) atoms. The molecule has 0 radical (unpaired) electrons. The van der Waals surface area contributed by atoms with E-state index in [1.807, 2.05) is 0 Å². The highest BCUT2D eigenvalue weighted by Gasteiger charge is 2.42. The van der Waals surface area contributed by atoms with Crippen LogP contribution in [0.5, 0.6) is 0 Å². The second-order valence-corrected chi connectivity index (χ2v) is 7.63. The molecule has 1 N–H and O–H groups in total. The van der Waals surface area contributed by atoms with Gasteiger partial charge in [-0.25, -0.2) is 4.99 Å². The van der Waals surface area contributed by atoms with Crippen molar-refractivity contribution in [1.29, 1.82) is 0 Å². The second-order valence-electron chi connectivity index (χ2n) is 6.72. The number of aliphatic imine (C=N–C) groups is 1. The first-order chi connectivity index (χ1) is 11.1. The molecule has 2 aliphatic heterocycles. The van der Waals surface area contributed by atoms with E-state index in [9.17, 15) is 0 Å². The first-order valence-corrected chi connectivity index (χ1v) is 9.27. The first kappa shape index (κ1) is 20.0. The van der Waals surface area contributed by atoms with Crippen molar-refractivity contribution in [3.05, 3.63) is 33.8 Å². The summed E-state index contributed by atoms with van der Waals surface area (Å²) in [6.07, 6.45) is 2.41. The fourth-order valence-electron chi connectivity index (χ4n) is 3.51. The lowest BCUT2D eigenvalue weighted by Crippen LogP contribution is -2.41. The van der Waals surface area contributed by atoms with Crippen LogP contribution < -0.4 is 5.32 Å². The molecule has 0 saturated carbocycles. The maximum Gasteiger partial charge on any atom is 0.194 e. The average molecular weight is 508 g/mol. The Morgan fingerprint density at radius 3 is 2.92 bits per heavy atom. The van der Waals surface area contributed by atoms with Gasteiger partial charge in [0.05, 0.1) is 13.2 Å². The van der Waals surface area contributed by atoms with Gasteiger partial charge in [0.25, 0.3) is 0 Å². The van der Waals surface area contributed by atoms with Gasteiger partial charge in [-0.05, 0) is 49.9 Å². The smallest absolute Gasteiger partial charge is 0.194 e. The first-order valence-electron chi connectivity index (χ1n) is 8.48. The van der Waals surface area contributed by atoms with Gasteiger partial charge in [0.15, 0.2) is 5.96 Å². The van der Waals surface area contributed by atoms with Gasteiger partial charge in [-0.1, -0.05) is 22.0 Å². The monoisotopic (exact) mass is 507 g/mol. The van der Waals surface area contributed by atoms with E-state index >= 15 is 0 Å². The largest absolute Gasteiger partial charge is 0.381 e. The van der Waals surface area contributed by atoms with Crippen LogP contribution in [0.1, 0.15) is 30.9 Å². The molecule has 4 nitrogen and oxygen atoms in total. The number of nitrogens with one attached hydrogen (secondary N) is 1. The minimum Gasteiger partial charge on any atom is -0.381 e.